The predicted molar refractivity (Wildman–Crippen MR) is 531 cm³/mol. The lowest BCUT2D eigenvalue weighted by Gasteiger charge is -2.13. The summed E-state index contributed by atoms with van der Waals surface area (Å²) in [7, 11) is 0. The Kier molecular flexibility index (Phi) is 23.9. The highest BCUT2D eigenvalue weighted by molar-refractivity contribution is 6.18. The van der Waals surface area contributed by atoms with E-state index in [9.17, 15) is 0 Å². The SMILES string of the molecule is CCCCCCCCCCCCc1c2cccc3c#cc4cccc5cc6cccc(c#cc#cc7cccc8cc9cccc(c#cc%10cccc%11c(CCCCCCCCCCCC)c%12cccc(c#cc%13cccc%14cc%15cccc(c#cc#cc%16cccc%17cc%18cccc(c#cc%19cccc1c%19cc32)c%18cc%16%17)c%15cc%13%14)c%12cc%10%11)c9cc78)c6cc45. The second-order valence-electron chi connectivity index (χ2n) is 33.8. The maximum atomic E-state index is 3.78. The minimum Gasteiger partial charge on any atom is -0.0654 e. The summed E-state index contributed by atoms with van der Waals surface area (Å²) in [5.41, 5.74) is 2.74. The fraction of sp³-hybridized carbons (Fsp3) is 0.194. The van der Waals surface area contributed by atoms with Gasteiger partial charge in [-0.15, -0.1) is 0 Å². The summed E-state index contributed by atoms with van der Waals surface area (Å²) in [6, 6.07) is 159. The Balaban J connectivity index is 0.779. The van der Waals surface area contributed by atoms with Crippen molar-refractivity contribution in [2.75, 3.05) is 0 Å². The normalized spacial score (nSPS) is 11.2. The summed E-state index contributed by atoms with van der Waals surface area (Å²) >= 11 is 0. The number of hydrogen-bond acceptors (Lipinski definition) is 0. The van der Waals surface area contributed by atoms with Crippen LogP contribution in [-0.2, 0) is 12.8 Å². The molecular formula is C124H96. The van der Waals surface area contributed by atoms with E-state index in [2.05, 4.69) is 390 Å². The Morgan fingerprint density at radius 3 is 0.508 bits per heavy atom. The van der Waals surface area contributed by atoms with Crippen molar-refractivity contribution in [3.05, 3.63) is 387 Å². The Hall–Kier alpha value is -14.4. The number of hydrogen-bond donors (Lipinski definition) is 0. The molecule has 592 valence electrons. The fourth-order valence-corrected chi connectivity index (χ4v) is 19.1. The van der Waals surface area contributed by atoms with E-state index in [0.29, 0.717) is 0 Å². The third kappa shape index (κ3) is 17.1. The Bertz CT molecular complexity index is 6840. The second kappa shape index (κ2) is 37.3. The van der Waals surface area contributed by atoms with E-state index in [0.717, 1.165) is 198 Å². The zero-order valence-corrected chi connectivity index (χ0v) is 71.1. The molecule has 0 fully saturated rings. The molecule has 0 aliphatic carbocycles. The van der Waals surface area contributed by atoms with Crippen LogP contribution in [-0.4, -0.2) is 0 Å². The summed E-state index contributed by atoms with van der Waals surface area (Å²) < 4.78 is 0. The molecule has 19 aromatic carbocycles. The first-order valence-corrected chi connectivity index (χ1v) is 45.3. The third-order valence-corrected chi connectivity index (χ3v) is 25.6. The van der Waals surface area contributed by atoms with Gasteiger partial charge in [0.15, 0.2) is 0 Å². The van der Waals surface area contributed by atoms with Gasteiger partial charge >= 0.3 is 0 Å². The van der Waals surface area contributed by atoms with Gasteiger partial charge < -0.3 is 0 Å². The molecule has 0 aromatic heterocycles. The van der Waals surface area contributed by atoms with E-state index < -0.39 is 0 Å². The summed E-state index contributed by atoms with van der Waals surface area (Å²) in [6.45, 7) is 4.59. The predicted octanol–water partition coefficient (Wildman–Crippen LogP) is 34.4. The van der Waals surface area contributed by atoms with E-state index in [1.165, 1.54) is 148 Å². The van der Waals surface area contributed by atoms with Crippen LogP contribution in [0.1, 0.15) is 153 Å². The van der Waals surface area contributed by atoms with Crippen LogP contribution in [0.25, 0.3) is 194 Å². The van der Waals surface area contributed by atoms with Gasteiger partial charge in [-0.05, 0) is 324 Å². The maximum absolute atomic E-state index is 3.78. The molecule has 19 rings (SSSR count). The highest BCUT2D eigenvalue weighted by Crippen LogP contribution is 2.39. The van der Waals surface area contributed by atoms with Crippen LogP contribution in [0.15, 0.2) is 279 Å². The molecule has 0 unspecified atom stereocenters. The number of aryl methyl sites for hydroxylation is 2. The fourth-order valence-electron chi connectivity index (χ4n) is 19.1. The summed E-state index contributed by atoms with van der Waals surface area (Å²) in [5, 5.41) is 38.6. The van der Waals surface area contributed by atoms with Crippen molar-refractivity contribution in [2.24, 2.45) is 0 Å². The molecule has 0 saturated carbocycles. The van der Waals surface area contributed by atoms with Crippen molar-refractivity contribution < 1.29 is 0 Å². The lowest BCUT2D eigenvalue weighted by Crippen LogP contribution is -1.92. The average Bonchev–Trinajstić information content (AvgIpc) is 0.753. The largest absolute Gasteiger partial charge is 0.0654 e. The second-order valence-corrected chi connectivity index (χ2v) is 33.8. The van der Waals surface area contributed by atoms with E-state index in [-0.39, 0.29) is 0 Å². The van der Waals surface area contributed by atoms with E-state index in [1.807, 2.05) is 0 Å². The minimum absolute atomic E-state index is 0.917. The molecule has 0 amide bonds. The topological polar surface area (TPSA) is 0 Å². The standard InChI is InChI=1S/C124H96/c1-3-5-7-9-11-13-15-17-19-21-63-107-109-65-35-51-95-73-69-91-47-31-59-103-77-99-55-27-43-87(113(99)81-117(91)103)39-23-25-41-89-45-29-57-101-79-105-61-33-49-93(119(105)83-115(89)101)71-75-97-53-37-67-111-108(64-22-20-18-16-14-12-10-8-6-4-2)112-68-38-54-98(124(112)86-123(97)111)76-72-94-50-34-62-106-80-102-58-30-46-90(116(102)84-120(94)106)42-26-24-40-88-44-28-56-100-78-104-60-32-48-92(118(104)82-114(88)100)70-74-96-52-36-66-110(107)122(96)85-121(95)109/h27-38,43-62,65-68,77-86H,3-22,63-64H2,1-2H3. The highest BCUT2D eigenvalue weighted by Gasteiger charge is 2.15. The Labute approximate surface area is 731 Å². The van der Waals surface area contributed by atoms with Crippen LogP contribution in [0.3, 0.4) is 0 Å². The van der Waals surface area contributed by atoms with Crippen molar-refractivity contribution in [3.8, 4) is 0 Å². The first kappa shape index (κ1) is 79.4. The molecule has 0 aliphatic rings. The molecule has 0 heteroatoms. The molecule has 0 aliphatic heterocycles. The van der Waals surface area contributed by atoms with E-state index in [4.69, 9.17) is 0 Å². The highest BCUT2D eigenvalue weighted by atomic mass is 14.2. The Morgan fingerprint density at radius 2 is 0.306 bits per heavy atom. The van der Waals surface area contributed by atoms with Crippen LogP contribution in [0.2, 0.25) is 0 Å². The van der Waals surface area contributed by atoms with E-state index in [1.54, 1.807) is 0 Å². The molecule has 0 N–H and O–H groups in total. The minimum atomic E-state index is 0.917. The molecule has 0 atom stereocenters. The van der Waals surface area contributed by atoms with Crippen LogP contribution in [0, 0.1) is 97.1 Å². The zero-order valence-electron chi connectivity index (χ0n) is 71.1. The van der Waals surface area contributed by atoms with E-state index >= 15 is 0 Å². The first-order valence-electron chi connectivity index (χ1n) is 45.3. The smallest absolute Gasteiger partial charge is 0.0334 e. The summed E-state index contributed by atoms with van der Waals surface area (Å²) in [6.07, 6.45) is 27.7. The number of rotatable bonds is 22. The summed E-state index contributed by atoms with van der Waals surface area (Å²) in [5.74, 6) is 0. The quantitative estimate of drug-likeness (QED) is 0.0469. The monoisotopic (exact) mass is 1580 g/mol. The van der Waals surface area contributed by atoms with Crippen LogP contribution < -0.4 is 0 Å². The zero-order chi connectivity index (χ0) is 83.3. The van der Waals surface area contributed by atoms with Gasteiger partial charge in [-0.25, -0.2) is 0 Å². The van der Waals surface area contributed by atoms with Gasteiger partial charge in [-0.1, -0.05) is 348 Å². The molecule has 124 heavy (non-hydrogen) atoms. The van der Waals surface area contributed by atoms with Crippen molar-refractivity contribution in [1.29, 1.82) is 0 Å². The first-order chi connectivity index (χ1) is 61.4. The number of benzene rings is 18. The van der Waals surface area contributed by atoms with Crippen molar-refractivity contribution in [2.45, 2.75) is 155 Å². The van der Waals surface area contributed by atoms with Crippen LogP contribution >= 0.6 is 0 Å². The Morgan fingerprint density at radius 1 is 0.145 bits per heavy atom. The lowest BCUT2D eigenvalue weighted by molar-refractivity contribution is 0.557. The molecular weight excluding hydrogens is 1490 g/mol. The van der Waals surface area contributed by atoms with Crippen molar-refractivity contribution in [1.82, 2.24) is 0 Å². The molecule has 19 aromatic rings. The van der Waals surface area contributed by atoms with Gasteiger partial charge in [-0.3, -0.25) is 0 Å². The third-order valence-electron chi connectivity index (χ3n) is 25.6. The average molecular weight is 1590 g/mol. The molecule has 0 spiro atoms. The van der Waals surface area contributed by atoms with Gasteiger partial charge in [-0.2, -0.15) is 0 Å². The molecule has 0 heterocycles. The maximum Gasteiger partial charge on any atom is 0.0334 e. The molecule has 0 radical (unpaired) electrons. The van der Waals surface area contributed by atoms with Crippen LogP contribution in [0.5, 0.6) is 0 Å². The molecule has 0 nitrogen and oxygen atoms in total. The summed E-state index contributed by atoms with van der Waals surface area (Å²) in [4.78, 5) is 0. The van der Waals surface area contributed by atoms with Crippen LogP contribution in [0.4, 0.5) is 0 Å². The molecule has 0 saturated heterocycles. The van der Waals surface area contributed by atoms with Gasteiger partial charge in [0, 0.05) is 64.6 Å². The van der Waals surface area contributed by atoms with Crippen molar-refractivity contribution >= 4 is 194 Å². The van der Waals surface area contributed by atoms with Gasteiger partial charge in [0.05, 0.1) is 0 Å². The van der Waals surface area contributed by atoms with Gasteiger partial charge in [0.2, 0.25) is 0 Å². The van der Waals surface area contributed by atoms with Crippen molar-refractivity contribution in [3.63, 3.8) is 0 Å². The van der Waals surface area contributed by atoms with Gasteiger partial charge in [0.1, 0.15) is 0 Å². The lowest BCUT2D eigenvalue weighted by atomic mass is 9.91. The number of unbranched alkanes of at least 4 members (excludes halogenated alkanes) is 18. The molecule has 12 bridgehead atoms. The van der Waals surface area contributed by atoms with Gasteiger partial charge in [0.25, 0.3) is 0 Å².